The van der Waals surface area contributed by atoms with Crippen LogP contribution in [0, 0.1) is 0 Å². The zero-order valence-corrected chi connectivity index (χ0v) is 9.56. The van der Waals surface area contributed by atoms with Gasteiger partial charge in [0.05, 0.1) is 17.0 Å². The molecule has 17 heavy (non-hydrogen) atoms. The number of hydrogen-bond acceptors (Lipinski definition) is 3. The standard InChI is InChI=1S/C9H9F3N4S/c1-5(15-16-8(13)17)7-3-2-6(4-14-7)9(10,11)12/h2-4H,1H3,(H3,13,16,17)/b15-5+. The molecule has 3 N–H and O–H groups in total. The number of nitrogens with two attached hydrogens (primary N) is 1. The van der Waals surface area contributed by atoms with Gasteiger partial charge in [-0.05, 0) is 31.3 Å². The number of nitrogens with one attached hydrogen (secondary N) is 1. The maximum Gasteiger partial charge on any atom is 0.417 e. The molecule has 0 aliphatic heterocycles. The molecule has 4 nitrogen and oxygen atoms in total. The van der Waals surface area contributed by atoms with E-state index in [0.29, 0.717) is 11.4 Å². The number of aromatic nitrogens is 1. The lowest BCUT2D eigenvalue weighted by molar-refractivity contribution is -0.137. The minimum atomic E-state index is -4.40. The largest absolute Gasteiger partial charge is 0.417 e. The maximum atomic E-state index is 12.3. The first kappa shape index (κ1) is 13.4. The van der Waals surface area contributed by atoms with E-state index in [1.54, 1.807) is 6.92 Å². The smallest absolute Gasteiger partial charge is 0.375 e. The molecule has 0 radical (unpaired) electrons. The molecular formula is C9H9F3N4S. The second kappa shape index (κ2) is 5.09. The van der Waals surface area contributed by atoms with Crippen molar-refractivity contribution in [2.45, 2.75) is 13.1 Å². The first-order valence-corrected chi connectivity index (χ1v) is 4.85. The van der Waals surface area contributed by atoms with Crippen LogP contribution in [0.5, 0.6) is 0 Å². The van der Waals surface area contributed by atoms with Crippen LogP contribution >= 0.6 is 12.2 Å². The second-order valence-corrected chi connectivity index (χ2v) is 3.54. The van der Waals surface area contributed by atoms with Crippen LogP contribution in [0.15, 0.2) is 23.4 Å². The van der Waals surface area contributed by atoms with Crippen LogP contribution in [-0.2, 0) is 6.18 Å². The molecular weight excluding hydrogens is 253 g/mol. The Morgan fingerprint density at radius 3 is 2.53 bits per heavy atom. The van der Waals surface area contributed by atoms with E-state index >= 15 is 0 Å². The summed E-state index contributed by atoms with van der Waals surface area (Å²) in [6.45, 7) is 1.57. The highest BCUT2D eigenvalue weighted by molar-refractivity contribution is 7.80. The molecule has 1 rings (SSSR count). The lowest BCUT2D eigenvalue weighted by atomic mass is 10.2. The first-order chi connectivity index (χ1) is 7.80. The Kier molecular flexibility index (Phi) is 4.00. The molecule has 0 bridgehead atoms. The molecule has 0 saturated carbocycles. The highest BCUT2D eigenvalue weighted by atomic mass is 32.1. The molecule has 8 heteroatoms. The van der Waals surface area contributed by atoms with Crippen LogP contribution in [0.25, 0.3) is 0 Å². The summed E-state index contributed by atoms with van der Waals surface area (Å²) in [4.78, 5) is 3.65. The fourth-order valence-electron chi connectivity index (χ4n) is 0.972. The summed E-state index contributed by atoms with van der Waals surface area (Å²) in [5, 5.41) is 3.71. The number of alkyl halides is 3. The molecule has 0 aliphatic carbocycles. The van der Waals surface area contributed by atoms with Crippen molar-refractivity contribution < 1.29 is 13.2 Å². The average Bonchev–Trinajstić information content (AvgIpc) is 2.25. The minimum Gasteiger partial charge on any atom is -0.375 e. The van der Waals surface area contributed by atoms with Gasteiger partial charge >= 0.3 is 6.18 Å². The van der Waals surface area contributed by atoms with E-state index in [0.717, 1.165) is 12.3 Å². The van der Waals surface area contributed by atoms with E-state index in [1.807, 2.05) is 0 Å². The van der Waals surface area contributed by atoms with Crippen molar-refractivity contribution >= 4 is 23.0 Å². The third kappa shape index (κ3) is 3.99. The molecule has 0 spiro atoms. The number of halogens is 3. The molecule has 92 valence electrons. The average molecular weight is 262 g/mol. The molecule has 0 saturated heterocycles. The van der Waals surface area contributed by atoms with Gasteiger partial charge in [-0.1, -0.05) is 0 Å². The summed E-state index contributed by atoms with van der Waals surface area (Å²) in [5.41, 5.74) is 7.35. The molecule has 1 aromatic rings. The summed E-state index contributed by atoms with van der Waals surface area (Å²) in [6, 6.07) is 2.16. The van der Waals surface area contributed by atoms with Gasteiger partial charge in [-0.2, -0.15) is 18.3 Å². The predicted octanol–water partition coefficient (Wildman–Crippen LogP) is 1.66. The Hall–Kier alpha value is -1.70. The Bertz CT molecular complexity index is 439. The molecule has 1 aromatic heterocycles. The molecule has 0 aromatic carbocycles. The van der Waals surface area contributed by atoms with Gasteiger partial charge in [0.1, 0.15) is 0 Å². The van der Waals surface area contributed by atoms with Gasteiger partial charge in [-0.3, -0.25) is 10.4 Å². The monoisotopic (exact) mass is 262 g/mol. The SMILES string of the molecule is C/C(=N\NC(N)=S)c1ccc(C(F)(F)F)cn1. The highest BCUT2D eigenvalue weighted by Gasteiger charge is 2.30. The summed E-state index contributed by atoms with van der Waals surface area (Å²) in [6.07, 6.45) is -3.65. The van der Waals surface area contributed by atoms with Crippen molar-refractivity contribution in [3.05, 3.63) is 29.6 Å². The highest BCUT2D eigenvalue weighted by Crippen LogP contribution is 2.28. The van der Waals surface area contributed by atoms with Crippen molar-refractivity contribution in [1.29, 1.82) is 0 Å². The minimum absolute atomic E-state index is 0.0312. The zero-order valence-electron chi connectivity index (χ0n) is 8.75. The third-order valence-electron chi connectivity index (χ3n) is 1.80. The van der Waals surface area contributed by atoms with Crippen LogP contribution in [0.4, 0.5) is 13.2 Å². The molecule has 0 aliphatic rings. The Balaban J connectivity index is 2.88. The van der Waals surface area contributed by atoms with Crippen molar-refractivity contribution in [2.75, 3.05) is 0 Å². The number of rotatable bonds is 2. The molecule has 0 amide bonds. The third-order valence-corrected chi connectivity index (χ3v) is 1.89. The topological polar surface area (TPSA) is 63.3 Å². The summed E-state index contributed by atoms with van der Waals surface area (Å²) in [7, 11) is 0. The predicted molar refractivity (Wildman–Crippen MR) is 61.4 cm³/mol. The lowest BCUT2D eigenvalue weighted by Crippen LogP contribution is -2.25. The fourth-order valence-corrected chi connectivity index (χ4v) is 1.02. The maximum absolute atomic E-state index is 12.3. The van der Waals surface area contributed by atoms with Crippen molar-refractivity contribution in [3.8, 4) is 0 Å². The van der Waals surface area contributed by atoms with Gasteiger partial charge in [-0.15, -0.1) is 0 Å². The quantitative estimate of drug-likeness (QED) is 0.483. The van der Waals surface area contributed by atoms with Gasteiger partial charge < -0.3 is 5.73 Å². The van der Waals surface area contributed by atoms with E-state index < -0.39 is 11.7 Å². The van der Waals surface area contributed by atoms with Crippen LogP contribution in [-0.4, -0.2) is 15.8 Å². The normalized spacial score (nSPS) is 12.4. The van der Waals surface area contributed by atoms with Gasteiger partial charge in [0.25, 0.3) is 0 Å². The van der Waals surface area contributed by atoms with Crippen LogP contribution < -0.4 is 11.2 Å². The van der Waals surface area contributed by atoms with Crippen molar-refractivity contribution in [2.24, 2.45) is 10.8 Å². The lowest BCUT2D eigenvalue weighted by Gasteiger charge is -2.06. The number of thiocarbonyl (C=S) groups is 1. The molecule has 1 heterocycles. The Morgan fingerprint density at radius 1 is 1.47 bits per heavy atom. The molecule has 0 unspecified atom stereocenters. The van der Waals surface area contributed by atoms with Crippen molar-refractivity contribution in [1.82, 2.24) is 10.4 Å². The van der Waals surface area contributed by atoms with Gasteiger partial charge in [0.2, 0.25) is 0 Å². The molecule has 0 atom stereocenters. The summed E-state index contributed by atoms with van der Waals surface area (Å²) >= 11 is 4.52. The Labute approximate surface area is 101 Å². The van der Waals surface area contributed by atoms with E-state index in [4.69, 9.17) is 5.73 Å². The van der Waals surface area contributed by atoms with Crippen LogP contribution in [0.1, 0.15) is 18.2 Å². The molecule has 0 fully saturated rings. The number of hydrogen-bond donors (Lipinski definition) is 2. The van der Waals surface area contributed by atoms with Crippen molar-refractivity contribution in [3.63, 3.8) is 0 Å². The Morgan fingerprint density at radius 2 is 2.12 bits per heavy atom. The van der Waals surface area contributed by atoms with Gasteiger partial charge in [0.15, 0.2) is 5.11 Å². The van der Waals surface area contributed by atoms with Crippen LogP contribution in [0.2, 0.25) is 0 Å². The second-order valence-electron chi connectivity index (χ2n) is 3.10. The first-order valence-electron chi connectivity index (χ1n) is 4.44. The van der Waals surface area contributed by atoms with Crippen LogP contribution in [0.3, 0.4) is 0 Å². The zero-order chi connectivity index (χ0) is 13.1. The van der Waals surface area contributed by atoms with E-state index in [1.165, 1.54) is 6.07 Å². The summed E-state index contributed by atoms with van der Waals surface area (Å²) < 4.78 is 36.8. The van der Waals surface area contributed by atoms with Gasteiger partial charge in [0, 0.05) is 6.20 Å². The number of hydrazone groups is 1. The number of nitrogens with zero attached hydrogens (tertiary/aromatic N) is 2. The number of pyridine rings is 1. The van der Waals surface area contributed by atoms with E-state index in [-0.39, 0.29) is 5.11 Å². The van der Waals surface area contributed by atoms with E-state index in [9.17, 15) is 13.2 Å². The van der Waals surface area contributed by atoms with E-state index in [2.05, 4.69) is 27.7 Å². The summed E-state index contributed by atoms with van der Waals surface area (Å²) in [5.74, 6) is 0. The van der Waals surface area contributed by atoms with Gasteiger partial charge in [-0.25, -0.2) is 0 Å². The fraction of sp³-hybridized carbons (Fsp3) is 0.222.